The van der Waals surface area contributed by atoms with E-state index < -0.39 is 16.0 Å². The first-order valence-corrected chi connectivity index (χ1v) is 9.41. The monoisotopic (exact) mass is 374 g/mol. The van der Waals surface area contributed by atoms with Gasteiger partial charge in [0.25, 0.3) is 10.1 Å². The Balaban J connectivity index is 2.01. The molecule has 2 aromatic heterocycles. The molecule has 0 bridgehead atoms. The molecule has 0 atom stereocenters. The van der Waals surface area contributed by atoms with Crippen molar-refractivity contribution < 1.29 is 22.6 Å². The van der Waals surface area contributed by atoms with Gasteiger partial charge in [0.2, 0.25) is 10.3 Å². The van der Waals surface area contributed by atoms with Crippen LogP contribution in [0.5, 0.6) is 0 Å². The Morgan fingerprint density at radius 1 is 1.10 bits per heavy atom. The summed E-state index contributed by atoms with van der Waals surface area (Å²) < 4.78 is 36.5. The quantitative estimate of drug-likeness (QED) is 0.197. The molecule has 0 spiro atoms. The van der Waals surface area contributed by atoms with Crippen LogP contribution in [0.25, 0.3) is 0 Å². The van der Waals surface area contributed by atoms with E-state index in [0.717, 1.165) is 26.3 Å². The second kappa shape index (κ2) is 7.33. The largest absolute Gasteiger partial charge is 0.285 e. The van der Waals surface area contributed by atoms with Crippen molar-refractivity contribution in [2.24, 2.45) is 0 Å². The van der Waals surface area contributed by atoms with Gasteiger partial charge in [0.05, 0.1) is 12.0 Å². The summed E-state index contributed by atoms with van der Waals surface area (Å²) in [5.41, 5.74) is 0. The van der Waals surface area contributed by atoms with Crippen molar-refractivity contribution in [3.63, 3.8) is 0 Å². The minimum Gasteiger partial charge on any atom is -0.284 e. The fourth-order valence-electron chi connectivity index (χ4n) is 0.977. The molecule has 21 heavy (non-hydrogen) atoms. The topological polar surface area (TPSA) is 171 Å². The molecule has 2 N–H and O–H groups in total. The highest BCUT2D eigenvalue weighted by Crippen LogP contribution is 2.34. The highest BCUT2D eigenvalue weighted by molar-refractivity contribution is 8.76. The van der Waals surface area contributed by atoms with Crippen molar-refractivity contribution in [2.75, 3.05) is 0 Å². The standard InChI is InChI=1S/C4H6N8O5S4/c13-17-18-1-11-3(5-7-9-11)19-20-4-6-8-10-12(4)2-21(14,15)16/h13H,1-2H2,(H,14,15,16). The van der Waals surface area contributed by atoms with E-state index in [1.807, 2.05) is 0 Å². The summed E-state index contributed by atoms with van der Waals surface area (Å²) in [5.74, 6) is -0.621. The van der Waals surface area contributed by atoms with Crippen LogP contribution < -0.4 is 0 Å². The Morgan fingerprint density at radius 2 is 1.67 bits per heavy atom. The molecular weight excluding hydrogens is 368 g/mol. The molecule has 17 heteroatoms. The number of aromatic nitrogens is 8. The van der Waals surface area contributed by atoms with Crippen LogP contribution in [0.1, 0.15) is 0 Å². The maximum absolute atomic E-state index is 10.8. The van der Waals surface area contributed by atoms with E-state index in [0.29, 0.717) is 17.2 Å². The summed E-state index contributed by atoms with van der Waals surface area (Å²) in [5, 5.41) is 29.9. The second-order valence-corrected chi connectivity index (χ2v) is 7.25. The summed E-state index contributed by atoms with van der Waals surface area (Å²) in [6, 6.07) is 0. The number of hydrogen-bond donors (Lipinski definition) is 2. The summed E-state index contributed by atoms with van der Waals surface area (Å²) in [6.45, 7) is 0. The van der Waals surface area contributed by atoms with E-state index >= 15 is 0 Å². The smallest absolute Gasteiger partial charge is 0.284 e. The zero-order valence-corrected chi connectivity index (χ0v) is 13.0. The predicted molar refractivity (Wildman–Crippen MR) is 70.2 cm³/mol. The molecule has 13 nitrogen and oxygen atoms in total. The number of hydrogen-bond acceptors (Lipinski definition) is 13. The fourth-order valence-corrected chi connectivity index (χ4v) is 3.77. The highest BCUT2D eigenvalue weighted by Gasteiger charge is 2.16. The van der Waals surface area contributed by atoms with Gasteiger partial charge in [-0.2, -0.15) is 12.8 Å². The second-order valence-electron chi connectivity index (χ2n) is 3.12. The average molecular weight is 374 g/mol. The van der Waals surface area contributed by atoms with Gasteiger partial charge in [-0.15, -0.1) is 10.2 Å². The van der Waals surface area contributed by atoms with Crippen LogP contribution >= 0.6 is 33.6 Å². The lowest BCUT2D eigenvalue weighted by atomic mass is 11.2. The van der Waals surface area contributed by atoms with Crippen molar-refractivity contribution in [3.05, 3.63) is 0 Å². The maximum Gasteiger partial charge on any atom is 0.285 e. The van der Waals surface area contributed by atoms with Crippen molar-refractivity contribution in [1.29, 1.82) is 0 Å². The third-order valence-electron chi connectivity index (χ3n) is 1.70. The first-order chi connectivity index (χ1) is 9.99. The molecule has 0 amide bonds. The molecule has 0 saturated carbocycles. The molecule has 0 saturated heterocycles. The number of rotatable bonds is 8. The molecular formula is C4H6N8O5S4. The van der Waals surface area contributed by atoms with E-state index in [2.05, 4.69) is 35.4 Å². The van der Waals surface area contributed by atoms with Crippen LogP contribution in [0.2, 0.25) is 0 Å². The molecule has 2 rings (SSSR count). The first kappa shape index (κ1) is 16.4. The van der Waals surface area contributed by atoms with Gasteiger partial charge in [0.15, 0.2) is 5.88 Å². The number of tetrazole rings is 2. The minimum atomic E-state index is -4.26. The third-order valence-corrected chi connectivity index (χ3v) is 4.84. The average Bonchev–Trinajstić information content (AvgIpc) is 3.01. The minimum absolute atomic E-state index is 0.137. The van der Waals surface area contributed by atoms with Crippen LogP contribution in [-0.4, -0.2) is 58.6 Å². The summed E-state index contributed by atoms with van der Waals surface area (Å²) in [6.07, 6.45) is 0. The highest BCUT2D eigenvalue weighted by atomic mass is 33.1. The van der Waals surface area contributed by atoms with Crippen LogP contribution in [0.3, 0.4) is 0 Å². The zero-order valence-electron chi connectivity index (χ0n) is 9.74. The third kappa shape index (κ3) is 5.05. The summed E-state index contributed by atoms with van der Waals surface area (Å²) in [7, 11) is -2.21. The predicted octanol–water partition coefficient (Wildman–Crippen LogP) is -0.600. The molecule has 0 fully saturated rings. The molecule has 0 aromatic carbocycles. The van der Waals surface area contributed by atoms with Gasteiger partial charge < -0.3 is 0 Å². The van der Waals surface area contributed by atoms with Crippen LogP contribution in [0, 0.1) is 0 Å². The van der Waals surface area contributed by atoms with E-state index in [9.17, 15) is 8.42 Å². The van der Waals surface area contributed by atoms with Crippen LogP contribution in [0.15, 0.2) is 10.3 Å². The maximum atomic E-state index is 10.8. The summed E-state index contributed by atoms with van der Waals surface area (Å²) in [4.78, 5) is 0. The normalized spacial score (nSPS) is 11.9. The van der Waals surface area contributed by atoms with Crippen LogP contribution in [-0.2, 0) is 26.2 Å². The van der Waals surface area contributed by atoms with E-state index in [1.165, 1.54) is 4.68 Å². The SMILES string of the molecule is O=S(=O)(O)Cn1nnnc1SSc1nnnn1CSOO. The molecule has 0 radical (unpaired) electrons. The molecule has 116 valence electrons. The molecule has 0 aliphatic carbocycles. The fraction of sp³-hybridized carbons (Fsp3) is 0.500. The molecule has 0 aliphatic heterocycles. The number of nitrogens with zero attached hydrogens (tertiary/aromatic N) is 8. The molecule has 2 heterocycles. The Kier molecular flexibility index (Phi) is 5.72. The van der Waals surface area contributed by atoms with Gasteiger partial charge in [-0.05, 0) is 42.4 Å². The lowest BCUT2D eigenvalue weighted by Gasteiger charge is -2.02. The van der Waals surface area contributed by atoms with Crippen molar-refractivity contribution in [1.82, 2.24) is 40.4 Å². The van der Waals surface area contributed by atoms with Gasteiger partial charge in [0.1, 0.15) is 5.88 Å². The van der Waals surface area contributed by atoms with Gasteiger partial charge >= 0.3 is 0 Å². The molecule has 0 unspecified atom stereocenters. The van der Waals surface area contributed by atoms with E-state index in [1.54, 1.807) is 0 Å². The van der Waals surface area contributed by atoms with Crippen molar-refractivity contribution in [2.45, 2.75) is 22.1 Å². The van der Waals surface area contributed by atoms with Crippen molar-refractivity contribution >= 4 is 43.7 Å². The Labute approximate surface area is 129 Å². The van der Waals surface area contributed by atoms with Gasteiger partial charge in [-0.25, -0.2) is 14.6 Å². The van der Waals surface area contributed by atoms with Gasteiger partial charge in [-0.3, -0.25) is 4.55 Å². The zero-order chi connectivity index (χ0) is 15.3. The lowest BCUT2D eigenvalue weighted by Crippen LogP contribution is -2.11. The van der Waals surface area contributed by atoms with E-state index in [-0.39, 0.29) is 11.0 Å². The van der Waals surface area contributed by atoms with Gasteiger partial charge in [-0.1, -0.05) is 0 Å². The Bertz CT molecular complexity index is 684. The van der Waals surface area contributed by atoms with E-state index in [4.69, 9.17) is 9.81 Å². The first-order valence-electron chi connectivity index (χ1n) is 4.74. The molecule has 0 aliphatic rings. The Morgan fingerprint density at radius 3 is 2.24 bits per heavy atom. The summed E-state index contributed by atoms with van der Waals surface area (Å²) >= 11 is 0.710. The van der Waals surface area contributed by atoms with Crippen LogP contribution in [0.4, 0.5) is 0 Å². The van der Waals surface area contributed by atoms with Crippen molar-refractivity contribution in [3.8, 4) is 0 Å². The molecule has 2 aromatic rings. The lowest BCUT2D eigenvalue weighted by molar-refractivity contribution is -0.117. The van der Waals surface area contributed by atoms with Gasteiger partial charge in [0, 0.05) is 0 Å². The Hall–Kier alpha value is -0.980.